The molecule has 0 bridgehead atoms. The minimum Gasteiger partial charge on any atom is -0.486 e. The second kappa shape index (κ2) is 5.52. The predicted molar refractivity (Wildman–Crippen MR) is 79.5 cm³/mol. The maximum absolute atomic E-state index is 12.0. The van der Waals surface area contributed by atoms with Crippen LogP contribution in [0, 0.1) is 5.92 Å². The lowest BCUT2D eigenvalue weighted by molar-refractivity contribution is 0.171. The van der Waals surface area contributed by atoms with Crippen LogP contribution in [0.2, 0.25) is 0 Å². The fourth-order valence-electron chi connectivity index (χ4n) is 2.24. The quantitative estimate of drug-likeness (QED) is 0.888. The Morgan fingerprint density at radius 3 is 2.60 bits per heavy atom. The van der Waals surface area contributed by atoms with E-state index in [0.29, 0.717) is 36.3 Å². The highest BCUT2D eigenvalue weighted by atomic mass is 79.9. The Morgan fingerprint density at radius 1 is 1.30 bits per heavy atom. The van der Waals surface area contributed by atoms with Crippen LogP contribution in [-0.4, -0.2) is 25.3 Å². The normalized spacial score (nSPS) is 18.3. The van der Waals surface area contributed by atoms with E-state index in [1.165, 1.54) is 12.8 Å². The van der Waals surface area contributed by atoms with Crippen molar-refractivity contribution in [1.29, 1.82) is 0 Å². The molecule has 2 N–H and O–H groups in total. The third kappa shape index (κ3) is 3.00. The van der Waals surface area contributed by atoms with Crippen LogP contribution in [0.4, 0.5) is 10.5 Å². The van der Waals surface area contributed by atoms with E-state index < -0.39 is 0 Å². The zero-order chi connectivity index (χ0) is 14.1. The predicted octanol–water partition coefficient (Wildman–Crippen LogP) is 3.14. The molecule has 1 aromatic rings. The van der Waals surface area contributed by atoms with Crippen LogP contribution in [-0.2, 0) is 0 Å². The summed E-state index contributed by atoms with van der Waals surface area (Å²) >= 11 is 3.43. The van der Waals surface area contributed by atoms with Gasteiger partial charge in [-0.1, -0.05) is 0 Å². The maximum atomic E-state index is 12.0. The Morgan fingerprint density at radius 2 is 1.95 bits per heavy atom. The van der Waals surface area contributed by atoms with Gasteiger partial charge in [-0.05, 0) is 41.6 Å². The van der Waals surface area contributed by atoms with E-state index in [1.807, 2.05) is 13.0 Å². The summed E-state index contributed by atoms with van der Waals surface area (Å²) in [6.45, 7) is 3.11. The number of amides is 2. The van der Waals surface area contributed by atoms with Gasteiger partial charge in [-0.25, -0.2) is 4.79 Å². The minimum absolute atomic E-state index is 0.193. The first-order chi connectivity index (χ1) is 9.63. The summed E-state index contributed by atoms with van der Waals surface area (Å²) in [4.78, 5) is 12.0. The van der Waals surface area contributed by atoms with Gasteiger partial charge in [-0.3, -0.25) is 0 Å². The number of nitrogens with one attached hydrogen (secondary N) is 2. The topological polar surface area (TPSA) is 59.6 Å². The average Bonchev–Trinajstić information content (AvgIpc) is 3.23. The van der Waals surface area contributed by atoms with Gasteiger partial charge in [-0.2, -0.15) is 0 Å². The fourth-order valence-corrected chi connectivity index (χ4v) is 2.66. The van der Waals surface area contributed by atoms with Crippen molar-refractivity contribution in [3.05, 3.63) is 16.6 Å². The highest BCUT2D eigenvalue weighted by Gasteiger charge is 2.29. The number of fused-ring (bicyclic) bond motifs is 1. The van der Waals surface area contributed by atoms with Crippen LogP contribution in [0.15, 0.2) is 16.6 Å². The summed E-state index contributed by atoms with van der Waals surface area (Å²) < 4.78 is 11.8. The molecule has 20 heavy (non-hydrogen) atoms. The summed E-state index contributed by atoms with van der Waals surface area (Å²) in [6, 6.07) is 3.61. The van der Waals surface area contributed by atoms with E-state index in [2.05, 4.69) is 26.6 Å². The molecule has 0 aromatic heterocycles. The number of anilines is 1. The van der Waals surface area contributed by atoms with E-state index in [9.17, 15) is 4.79 Å². The molecule has 1 unspecified atom stereocenters. The molecule has 6 heteroatoms. The lowest BCUT2D eigenvalue weighted by Gasteiger charge is -2.20. The molecule has 1 fully saturated rings. The molecule has 2 aliphatic rings. The number of urea groups is 1. The average molecular weight is 341 g/mol. The Balaban J connectivity index is 1.68. The van der Waals surface area contributed by atoms with Crippen molar-refractivity contribution < 1.29 is 14.3 Å². The molecule has 3 rings (SSSR count). The Kier molecular flexibility index (Phi) is 3.74. The molecule has 2 amide bonds. The largest absolute Gasteiger partial charge is 0.486 e. The Hall–Kier alpha value is -1.43. The number of hydrogen-bond acceptors (Lipinski definition) is 3. The zero-order valence-electron chi connectivity index (χ0n) is 11.2. The van der Waals surface area contributed by atoms with Crippen molar-refractivity contribution in [2.45, 2.75) is 25.8 Å². The van der Waals surface area contributed by atoms with Crippen LogP contribution in [0.3, 0.4) is 0 Å². The van der Waals surface area contributed by atoms with Crippen molar-refractivity contribution in [1.82, 2.24) is 5.32 Å². The molecule has 1 aromatic carbocycles. The molecular formula is C14H17BrN2O3. The van der Waals surface area contributed by atoms with Gasteiger partial charge in [0.15, 0.2) is 11.5 Å². The maximum Gasteiger partial charge on any atom is 0.319 e. The highest BCUT2D eigenvalue weighted by Crippen LogP contribution is 2.38. The molecule has 5 nitrogen and oxygen atoms in total. The summed E-state index contributed by atoms with van der Waals surface area (Å²) in [5.41, 5.74) is 0.676. The van der Waals surface area contributed by atoms with E-state index in [-0.39, 0.29) is 12.1 Å². The third-order valence-corrected chi connectivity index (χ3v) is 4.22. The van der Waals surface area contributed by atoms with Crippen LogP contribution in [0.25, 0.3) is 0 Å². The van der Waals surface area contributed by atoms with E-state index in [0.717, 1.165) is 4.47 Å². The Labute approximate surface area is 126 Å². The van der Waals surface area contributed by atoms with E-state index in [4.69, 9.17) is 9.47 Å². The number of carbonyl (C=O) groups excluding carboxylic acids is 1. The van der Waals surface area contributed by atoms with Crippen molar-refractivity contribution >= 4 is 27.6 Å². The zero-order valence-corrected chi connectivity index (χ0v) is 12.8. The van der Waals surface area contributed by atoms with Gasteiger partial charge >= 0.3 is 6.03 Å². The van der Waals surface area contributed by atoms with Gasteiger partial charge in [0.1, 0.15) is 13.2 Å². The molecule has 0 radical (unpaired) electrons. The molecular weight excluding hydrogens is 324 g/mol. The second-order valence-corrected chi connectivity index (χ2v) is 6.05. The van der Waals surface area contributed by atoms with Gasteiger partial charge in [0, 0.05) is 22.6 Å². The molecule has 1 saturated carbocycles. The smallest absolute Gasteiger partial charge is 0.319 e. The van der Waals surface area contributed by atoms with Gasteiger partial charge in [0.2, 0.25) is 0 Å². The third-order valence-electron chi connectivity index (χ3n) is 3.57. The Bertz CT molecular complexity index is 531. The highest BCUT2D eigenvalue weighted by molar-refractivity contribution is 9.10. The summed E-state index contributed by atoms with van der Waals surface area (Å²) in [5, 5.41) is 5.80. The number of ether oxygens (including phenoxy) is 2. The standard InChI is InChI=1S/C14H17BrN2O3/c1-8(9-2-3-9)16-14(18)17-11-7-13-12(6-10(11)15)19-4-5-20-13/h6-9H,2-5H2,1H3,(H2,16,17,18). The van der Waals surface area contributed by atoms with Crippen LogP contribution in [0.1, 0.15) is 19.8 Å². The number of hydrogen-bond donors (Lipinski definition) is 2. The first-order valence-corrected chi connectivity index (χ1v) is 7.59. The van der Waals surface area contributed by atoms with Crippen molar-refractivity contribution in [3.63, 3.8) is 0 Å². The van der Waals surface area contributed by atoms with Gasteiger partial charge in [0.05, 0.1) is 5.69 Å². The van der Waals surface area contributed by atoms with E-state index >= 15 is 0 Å². The number of rotatable bonds is 3. The lowest BCUT2D eigenvalue weighted by atomic mass is 10.2. The monoisotopic (exact) mass is 340 g/mol. The molecule has 1 aliphatic heterocycles. The van der Waals surface area contributed by atoms with E-state index in [1.54, 1.807) is 6.07 Å². The second-order valence-electron chi connectivity index (χ2n) is 5.20. The first-order valence-electron chi connectivity index (χ1n) is 6.80. The molecule has 1 heterocycles. The molecule has 1 atom stereocenters. The summed E-state index contributed by atoms with van der Waals surface area (Å²) in [5.74, 6) is 1.98. The van der Waals surface area contributed by atoms with Gasteiger partial charge in [0.25, 0.3) is 0 Å². The molecule has 108 valence electrons. The van der Waals surface area contributed by atoms with Crippen molar-refractivity contribution in [3.8, 4) is 11.5 Å². The summed E-state index contributed by atoms with van der Waals surface area (Å²) in [7, 11) is 0. The van der Waals surface area contributed by atoms with Crippen LogP contribution >= 0.6 is 15.9 Å². The minimum atomic E-state index is -0.193. The molecule has 0 spiro atoms. The number of benzene rings is 1. The fraction of sp³-hybridized carbons (Fsp3) is 0.500. The SMILES string of the molecule is CC(NC(=O)Nc1cc2c(cc1Br)OCCO2)C1CC1. The first kappa shape index (κ1) is 13.5. The van der Waals surface area contributed by atoms with Crippen molar-refractivity contribution in [2.24, 2.45) is 5.92 Å². The van der Waals surface area contributed by atoms with Gasteiger partial charge < -0.3 is 20.1 Å². The van der Waals surface area contributed by atoms with Crippen LogP contribution < -0.4 is 20.1 Å². The molecule has 1 aliphatic carbocycles. The lowest BCUT2D eigenvalue weighted by Crippen LogP contribution is -2.37. The van der Waals surface area contributed by atoms with Crippen LogP contribution in [0.5, 0.6) is 11.5 Å². The number of halogens is 1. The van der Waals surface area contributed by atoms with Gasteiger partial charge in [-0.15, -0.1) is 0 Å². The summed E-state index contributed by atoms with van der Waals surface area (Å²) in [6.07, 6.45) is 2.41. The molecule has 0 saturated heterocycles. The number of carbonyl (C=O) groups is 1. The van der Waals surface area contributed by atoms with Crippen molar-refractivity contribution in [2.75, 3.05) is 18.5 Å².